The quantitative estimate of drug-likeness (QED) is 0.840. The number of para-hydroxylation sites is 1. The summed E-state index contributed by atoms with van der Waals surface area (Å²) in [7, 11) is 1.72. The molecule has 0 radical (unpaired) electrons. The molecule has 1 aromatic rings. The zero-order chi connectivity index (χ0) is 14.4. The Hall–Kier alpha value is -1.06. The van der Waals surface area contributed by atoms with Gasteiger partial charge in [0.2, 0.25) is 0 Å². The zero-order valence-electron chi connectivity index (χ0n) is 12.6. The second kappa shape index (κ2) is 7.65. The lowest BCUT2D eigenvalue weighted by atomic mass is 9.86. The molecule has 0 aliphatic heterocycles. The van der Waals surface area contributed by atoms with Crippen LogP contribution < -0.4 is 10.1 Å². The van der Waals surface area contributed by atoms with Crippen LogP contribution in [0, 0.1) is 5.92 Å². The minimum Gasteiger partial charge on any atom is -0.496 e. The van der Waals surface area contributed by atoms with Crippen LogP contribution in [0.15, 0.2) is 24.3 Å². The maximum absolute atomic E-state index is 9.99. The van der Waals surface area contributed by atoms with Gasteiger partial charge in [0.05, 0.1) is 13.2 Å². The molecule has 0 spiro atoms. The SMILES string of the molecule is COc1ccccc1CC(C)NCC1CCCCC1O. The molecular formula is C17H27NO2. The molecule has 112 valence electrons. The molecule has 0 heterocycles. The van der Waals surface area contributed by atoms with Crippen molar-refractivity contribution in [2.24, 2.45) is 5.92 Å². The van der Waals surface area contributed by atoms with Crippen molar-refractivity contribution in [3.63, 3.8) is 0 Å². The molecule has 3 unspecified atom stereocenters. The number of rotatable bonds is 6. The van der Waals surface area contributed by atoms with Crippen LogP contribution in [-0.4, -0.2) is 30.9 Å². The molecule has 1 aliphatic carbocycles. The Labute approximate surface area is 122 Å². The van der Waals surface area contributed by atoms with E-state index in [0.29, 0.717) is 12.0 Å². The van der Waals surface area contributed by atoms with Crippen LogP contribution in [-0.2, 0) is 6.42 Å². The lowest BCUT2D eigenvalue weighted by molar-refractivity contribution is 0.0684. The van der Waals surface area contributed by atoms with E-state index in [0.717, 1.165) is 31.6 Å². The summed E-state index contributed by atoms with van der Waals surface area (Å²) in [5.74, 6) is 1.38. The van der Waals surface area contributed by atoms with E-state index in [1.54, 1.807) is 7.11 Å². The van der Waals surface area contributed by atoms with Gasteiger partial charge in [0.1, 0.15) is 5.75 Å². The molecule has 2 rings (SSSR count). The summed E-state index contributed by atoms with van der Waals surface area (Å²) in [5.41, 5.74) is 1.24. The van der Waals surface area contributed by atoms with Gasteiger partial charge in [-0.15, -0.1) is 0 Å². The third-order valence-corrected chi connectivity index (χ3v) is 4.32. The first kappa shape index (κ1) is 15.3. The van der Waals surface area contributed by atoms with Crippen LogP contribution in [0.2, 0.25) is 0 Å². The van der Waals surface area contributed by atoms with Gasteiger partial charge in [-0.05, 0) is 43.7 Å². The largest absolute Gasteiger partial charge is 0.496 e. The van der Waals surface area contributed by atoms with Gasteiger partial charge in [-0.1, -0.05) is 31.0 Å². The highest BCUT2D eigenvalue weighted by Gasteiger charge is 2.23. The first-order chi connectivity index (χ1) is 9.70. The fourth-order valence-corrected chi connectivity index (χ4v) is 3.05. The van der Waals surface area contributed by atoms with Gasteiger partial charge in [0.15, 0.2) is 0 Å². The van der Waals surface area contributed by atoms with Crippen molar-refractivity contribution in [2.75, 3.05) is 13.7 Å². The fraction of sp³-hybridized carbons (Fsp3) is 0.647. The van der Waals surface area contributed by atoms with Crippen molar-refractivity contribution < 1.29 is 9.84 Å². The van der Waals surface area contributed by atoms with E-state index in [4.69, 9.17) is 4.74 Å². The molecule has 1 saturated carbocycles. The van der Waals surface area contributed by atoms with Gasteiger partial charge in [0, 0.05) is 12.6 Å². The molecule has 0 aromatic heterocycles. The zero-order valence-corrected chi connectivity index (χ0v) is 12.6. The van der Waals surface area contributed by atoms with E-state index >= 15 is 0 Å². The molecule has 3 nitrogen and oxygen atoms in total. The van der Waals surface area contributed by atoms with Crippen molar-refractivity contribution in [3.05, 3.63) is 29.8 Å². The fourth-order valence-electron chi connectivity index (χ4n) is 3.05. The van der Waals surface area contributed by atoms with Crippen LogP contribution in [0.3, 0.4) is 0 Å². The number of aliphatic hydroxyl groups is 1. The summed E-state index contributed by atoms with van der Waals surface area (Å²) in [5, 5.41) is 13.6. The molecule has 1 aromatic carbocycles. The average molecular weight is 277 g/mol. The van der Waals surface area contributed by atoms with Gasteiger partial charge in [0.25, 0.3) is 0 Å². The predicted octanol–water partition coefficient (Wildman–Crippen LogP) is 2.77. The Bertz CT molecular complexity index is 408. The maximum atomic E-state index is 9.99. The number of methoxy groups -OCH3 is 1. The molecule has 0 bridgehead atoms. The third kappa shape index (κ3) is 4.22. The van der Waals surface area contributed by atoms with Gasteiger partial charge in [-0.2, -0.15) is 0 Å². The second-order valence-electron chi connectivity index (χ2n) is 5.94. The first-order valence-electron chi connectivity index (χ1n) is 7.74. The van der Waals surface area contributed by atoms with Crippen LogP contribution >= 0.6 is 0 Å². The van der Waals surface area contributed by atoms with E-state index in [1.807, 2.05) is 12.1 Å². The van der Waals surface area contributed by atoms with E-state index in [1.165, 1.54) is 18.4 Å². The Kier molecular flexibility index (Phi) is 5.86. The molecule has 3 heteroatoms. The Morgan fingerprint density at radius 3 is 2.80 bits per heavy atom. The first-order valence-corrected chi connectivity index (χ1v) is 7.74. The van der Waals surface area contributed by atoms with E-state index < -0.39 is 0 Å². The number of nitrogens with one attached hydrogen (secondary N) is 1. The van der Waals surface area contributed by atoms with Crippen molar-refractivity contribution in [3.8, 4) is 5.75 Å². The molecule has 2 N–H and O–H groups in total. The molecule has 0 saturated heterocycles. The summed E-state index contributed by atoms with van der Waals surface area (Å²) >= 11 is 0. The normalized spacial score (nSPS) is 24.4. The van der Waals surface area contributed by atoms with Crippen LogP contribution in [0.1, 0.15) is 38.2 Å². The van der Waals surface area contributed by atoms with Gasteiger partial charge in [-0.3, -0.25) is 0 Å². The standard InChI is InChI=1S/C17H27NO2/c1-13(11-14-7-4-6-10-17(14)20-2)18-12-15-8-3-5-9-16(15)19/h4,6-7,10,13,15-16,18-19H,3,5,8-9,11-12H2,1-2H3. The van der Waals surface area contributed by atoms with Gasteiger partial charge < -0.3 is 15.2 Å². The third-order valence-electron chi connectivity index (χ3n) is 4.32. The average Bonchev–Trinajstić information content (AvgIpc) is 2.47. The number of hydrogen-bond acceptors (Lipinski definition) is 3. The number of hydrogen-bond donors (Lipinski definition) is 2. The lowest BCUT2D eigenvalue weighted by Crippen LogP contribution is -2.38. The van der Waals surface area contributed by atoms with Crippen LogP contribution in [0.4, 0.5) is 0 Å². The van der Waals surface area contributed by atoms with Crippen molar-refractivity contribution in [1.29, 1.82) is 0 Å². The van der Waals surface area contributed by atoms with E-state index in [-0.39, 0.29) is 6.10 Å². The molecule has 0 amide bonds. The second-order valence-corrected chi connectivity index (χ2v) is 5.94. The lowest BCUT2D eigenvalue weighted by Gasteiger charge is -2.29. The molecule has 1 aliphatic rings. The highest BCUT2D eigenvalue weighted by atomic mass is 16.5. The summed E-state index contributed by atoms with van der Waals surface area (Å²) in [6, 6.07) is 8.56. The predicted molar refractivity (Wildman–Crippen MR) is 82.1 cm³/mol. The Balaban J connectivity index is 1.81. The summed E-state index contributed by atoms with van der Waals surface area (Å²) in [6.45, 7) is 3.11. The highest BCUT2D eigenvalue weighted by molar-refractivity contribution is 5.33. The summed E-state index contributed by atoms with van der Waals surface area (Å²) in [4.78, 5) is 0. The molecule has 1 fully saturated rings. The number of aliphatic hydroxyl groups excluding tert-OH is 1. The molecule has 3 atom stereocenters. The minimum atomic E-state index is -0.116. The summed E-state index contributed by atoms with van der Waals surface area (Å²) in [6.07, 6.45) is 5.38. The Morgan fingerprint density at radius 1 is 1.30 bits per heavy atom. The Morgan fingerprint density at radius 2 is 2.05 bits per heavy atom. The van der Waals surface area contributed by atoms with Gasteiger partial charge >= 0.3 is 0 Å². The smallest absolute Gasteiger partial charge is 0.122 e. The highest BCUT2D eigenvalue weighted by Crippen LogP contribution is 2.24. The maximum Gasteiger partial charge on any atom is 0.122 e. The van der Waals surface area contributed by atoms with Crippen molar-refractivity contribution in [1.82, 2.24) is 5.32 Å². The number of benzene rings is 1. The van der Waals surface area contributed by atoms with Crippen LogP contribution in [0.25, 0.3) is 0 Å². The molecule has 20 heavy (non-hydrogen) atoms. The van der Waals surface area contributed by atoms with Crippen LogP contribution in [0.5, 0.6) is 5.75 Å². The van der Waals surface area contributed by atoms with E-state index in [2.05, 4.69) is 24.4 Å². The van der Waals surface area contributed by atoms with Crippen molar-refractivity contribution >= 4 is 0 Å². The van der Waals surface area contributed by atoms with Gasteiger partial charge in [-0.25, -0.2) is 0 Å². The number of ether oxygens (including phenoxy) is 1. The summed E-state index contributed by atoms with van der Waals surface area (Å²) < 4.78 is 5.39. The topological polar surface area (TPSA) is 41.5 Å². The van der Waals surface area contributed by atoms with Crippen molar-refractivity contribution in [2.45, 2.75) is 51.2 Å². The monoisotopic (exact) mass is 277 g/mol. The molecular weight excluding hydrogens is 250 g/mol. The van der Waals surface area contributed by atoms with E-state index in [9.17, 15) is 5.11 Å². The minimum absolute atomic E-state index is 0.116.